The van der Waals surface area contributed by atoms with E-state index < -0.39 is 29.8 Å². The maximum Gasteiger partial charge on any atom is 0.263 e. The second-order valence-electron chi connectivity index (χ2n) is 6.48. The lowest BCUT2D eigenvalue weighted by molar-refractivity contribution is -0.123. The van der Waals surface area contributed by atoms with E-state index in [0.29, 0.717) is 15.7 Å². The van der Waals surface area contributed by atoms with Crippen LogP contribution in [0.25, 0.3) is 0 Å². The molecule has 8 nitrogen and oxygen atoms in total. The minimum absolute atomic E-state index is 0.144. The van der Waals surface area contributed by atoms with Crippen LogP contribution < -0.4 is 10.2 Å². The molecule has 0 unspecified atom stereocenters. The summed E-state index contributed by atoms with van der Waals surface area (Å²) in [5.74, 6) is -1.64. The minimum Gasteiger partial charge on any atom is -0.324 e. The van der Waals surface area contributed by atoms with Gasteiger partial charge in [0.2, 0.25) is 5.91 Å². The van der Waals surface area contributed by atoms with E-state index >= 15 is 0 Å². The number of carbonyl (C=O) groups is 3. The summed E-state index contributed by atoms with van der Waals surface area (Å²) in [4.78, 5) is 39.0. The summed E-state index contributed by atoms with van der Waals surface area (Å²) < 4.78 is 0. The van der Waals surface area contributed by atoms with Crippen molar-refractivity contribution in [1.29, 1.82) is 0 Å². The van der Waals surface area contributed by atoms with Gasteiger partial charge in [-0.3, -0.25) is 19.4 Å². The number of amides is 3. The van der Waals surface area contributed by atoms with Crippen LogP contribution in [0.15, 0.2) is 46.7 Å². The van der Waals surface area contributed by atoms with E-state index in [0.717, 1.165) is 4.90 Å². The number of nitrogens with zero attached hydrogens (tertiary/aromatic N) is 4. The van der Waals surface area contributed by atoms with Crippen molar-refractivity contribution in [3.63, 3.8) is 0 Å². The van der Waals surface area contributed by atoms with E-state index in [4.69, 9.17) is 46.4 Å². The summed E-state index contributed by atoms with van der Waals surface area (Å²) in [5, 5.41) is 12.6. The lowest BCUT2D eigenvalue weighted by atomic mass is 10.1. The molecule has 0 spiro atoms. The SMILES string of the molecule is O=C(CN1N=N[C@@H]2C(=O)N(c3ccc(Cl)cc3Cl)C(=O)[C@@H]21)Nc1ccc(Cl)c(Cl)c1. The fourth-order valence-corrected chi connectivity index (χ4v) is 3.97. The van der Waals surface area contributed by atoms with Gasteiger partial charge in [0.1, 0.15) is 6.54 Å². The van der Waals surface area contributed by atoms with Gasteiger partial charge in [-0.1, -0.05) is 51.6 Å². The molecule has 0 radical (unpaired) electrons. The van der Waals surface area contributed by atoms with Crippen LogP contribution in [0.1, 0.15) is 0 Å². The smallest absolute Gasteiger partial charge is 0.263 e. The topological polar surface area (TPSA) is 94.4 Å². The van der Waals surface area contributed by atoms with E-state index in [9.17, 15) is 14.4 Å². The third-order valence-corrected chi connectivity index (χ3v) is 5.79. The van der Waals surface area contributed by atoms with Crippen molar-refractivity contribution in [2.24, 2.45) is 10.3 Å². The molecule has 0 bridgehead atoms. The molecule has 12 heteroatoms. The van der Waals surface area contributed by atoms with Crippen LogP contribution in [-0.4, -0.2) is 41.4 Å². The molecule has 2 atom stereocenters. The Morgan fingerprint density at radius 3 is 2.43 bits per heavy atom. The Balaban J connectivity index is 1.50. The number of fused-ring (bicyclic) bond motifs is 1. The van der Waals surface area contributed by atoms with Gasteiger partial charge in [0, 0.05) is 10.7 Å². The van der Waals surface area contributed by atoms with Crippen LogP contribution in [0.4, 0.5) is 11.4 Å². The van der Waals surface area contributed by atoms with Gasteiger partial charge in [0.05, 0.1) is 20.8 Å². The molecule has 3 amide bonds. The van der Waals surface area contributed by atoms with Crippen molar-refractivity contribution in [3.05, 3.63) is 56.5 Å². The van der Waals surface area contributed by atoms with Crippen LogP contribution in [-0.2, 0) is 14.4 Å². The van der Waals surface area contributed by atoms with Crippen molar-refractivity contribution >= 4 is 75.5 Å². The van der Waals surface area contributed by atoms with Crippen molar-refractivity contribution in [3.8, 4) is 0 Å². The van der Waals surface area contributed by atoms with Gasteiger partial charge in [-0.05, 0) is 36.4 Å². The summed E-state index contributed by atoms with van der Waals surface area (Å²) in [5.41, 5.74) is 0.617. The van der Waals surface area contributed by atoms with Gasteiger partial charge in [0.15, 0.2) is 12.1 Å². The molecule has 2 aromatic carbocycles. The number of imide groups is 1. The van der Waals surface area contributed by atoms with Crippen LogP contribution in [0, 0.1) is 0 Å². The lowest BCUT2D eigenvalue weighted by Crippen LogP contribution is -2.43. The lowest BCUT2D eigenvalue weighted by Gasteiger charge is -2.20. The van der Waals surface area contributed by atoms with Crippen LogP contribution in [0.3, 0.4) is 0 Å². The molecule has 2 aliphatic rings. The largest absolute Gasteiger partial charge is 0.324 e. The van der Waals surface area contributed by atoms with Gasteiger partial charge < -0.3 is 5.32 Å². The highest BCUT2D eigenvalue weighted by Gasteiger charge is 2.55. The molecule has 2 aliphatic heterocycles. The highest BCUT2D eigenvalue weighted by atomic mass is 35.5. The van der Waals surface area contributed by atoms with Gasteiger partial charge >= 0.3 is 0 Å². The molecule has 154 valence electrons. The first kappa shape index (κ1) is 20.9. The van der Waals surface area contributed by atoms with E-state index in [1.807, 2.05) is 0 Å². The van der Waals surface area contributed by atoms with Gasteiger partial charge in [-0.2, -0.15) is 5.11 Å². The molecule has 0 aromatic heterocycles. The first-order chi connectivity index (χ1) is 14.3. The standard InChI is InChI=1S/C18H11Cl4N5O3/c19-8-1-4-13(12(22)5-8)27-17(29)15-16(18(27)30)26(25-24-15)7-14(28)23-9-2-3-10(20)11(21)6-9/h1-6,15-16H,7H2,(H,23,28)/t15-,16+/m0/s1. The van der Waals surface area contributed by atoms with Gasteiger partial charge in [0.25, 0.3) is 11.8 Å². The Hall–Kier alpha value is -2.39. The first-order valence-electron chi connectivity index (χ1n) is 8.51. The fraction of sp³-hybridized carbons (Fsp3) is 0.167. The van der Waals surface area contributed by atoms with Crippen LogP contribution >= 0.6 is 46.4 Å². The summed E-state index contributed by atoms with van der Waals surface area (Å²) in [6.45, 7) is -0.299. The fourth-order valence-electron chi connectivity index (χ4n) is 3.18. The Kier molecular flexibility index (Phi) is 5.59. The molecule has 2 heterocycles. The molecule has 1 fully saturated rings. The number of nitrogens with one attached hydrogen (secondary N) is 1. The van der Waals surface area contributed by atoms with Crippen LogP contribution in [0.5, 0.6) is 0 Å². The van der Waals surface area contributed by atoms with E-state index in [-0.39, 0.29) is 22.3 Å². The predicted octanol–water partition coefficient (Wildman–Crippen LogP) is 4.23. The zero-order valence-corrected chi connectivity index (χ0v) is 17.9. The second kappa shape index (κ2) is 8.03. The van der Waals surface area contributed by atoms with Crippen molar-refractivity contribution in [1.82, 2.24) is 5.01 Å². The van der Waals surface area contributed by atoms with Gasteiger partial charge in [-0.25, -0.2) is 4.90 Å². The number of anilines is 2. The Morgan fingerprint density at radius 2 is 1.73 bits per heavy atom. The average molecular weight is 487 g/mol. The normalized spacial score (nSPS) is 20.1. The van der Waals surface area contributed by atoms with Crippen molar-refractivity contribution in [2.45, 2.75) is 12.1 Å². The zero-order valence-electron chi connectivity index (χ0n) is 14.9. The average Bonchev–Trinajstić information content (AvgIpc) is 3.19. The van der Waals surface area contributed by atoms with E-state index in [2.05, 4.69) is 15.7 Å². The molecule has 1 N–H and O–H groups in total. The molecular formula is C18H11Cl4N5O3. The second-order valence-corrected chi connectivity index (χ2v) is 8.13. The number of carbonyl (C=O) groups excluding carboxylic acids is 3. The number of rotatable bonds is 4. The highest BCUT2D eigenvalue weighted by Crippen LogP contribution is 2.36. The molecule has 1 saturated heterocycles. The number of hydrogen-bond acceptors (Lipinski definition) is 6. The maximum absolute atomic E-state index is 13.0. The molecule has 4 rings (SSSR count). The maximum atomic E-state index is 13.0. The Morgan fingerprint density at radius 1 is 0.967 bits per heavy atom. The summed E-state index contributed by atoms with van der Waals surface area (Å²) in [7, 11) is 0. The van der Waals surface area contributed by atoms with Crippen molar-refractivity contribution < 1.29 is 14.4 Å². The third-order valence-electron chi connectivity index (χ3n) is 4.52. The number of hydrogen-bond donors (Lipinski definition) is 1. The van der Waals surface area contributed by atoms with Crippen LogP contribution in [0.2, 0.25) is 20.1 Å². The third kappa shape index (κ3) is 3.72. The molecular weight excluding hydrogens is 476 g/mol. The molecule has 0 aliphatic carbocycles. The highest BCUT2D eigenvalue weighted by molar-refractivity contribution is 6.42. The molecule has 2 aromatic rings. The minimum atomic E-state index is -1.05. The predicted molar refractivity (Wildman–Crippen MR) is 113 cm³/mol. The molecule has 30 heavy (non-hydrogen) atoms. The number of halogens is 4. The summed E-state index contributed by atoms with van der Waals surface area (Å²) in [6, 6.07) is 6.93. The van der Waals surface area contributed by atoms with E-state index in [1.165, 1.54) is 35.3 Å². The van der Waals surface area contributed by atoms with E-state index in [1.54, 1.807) is 6.07 Å². The number of benzene rings is 2. The quantitative estimate of drug-likeness (QED) is 0.654. The molecule has 0 saturated carbocycles. The Bertz CT molecular complexity index is 1110. The summed E-state index contributed by atoms with van der Waals surface area (Å²) >= 11 is 23.8. The first-order valence-corrected chi connectivity index (χ1v) is 10.0. The monoisotopic (exact) mass is 485 g/mol. The summed E-state index contributed by atoms with van der Waals surface area (Å²) in [6.07, 6.45) is 0. The van der Waals surface area contributed by atoms with Gasteiger partial charge in [-0.15, -0.1) is 0 Å². The zero-order chi connectivity index (χ0) is 21.6. The van der Waals surface area contributed by atoms with Crippen molar-refractivity contribution in [2.75, 3.05) is 16.8 Å². The Labute approximate surface area is 190 Å².